The highest BCUT2D eigenvalue weighted by molar-refractivity contribution is 6.35. The second kappa shape index (κ2) is 3.72. The van der Waals surface area contributed by atoms with Gasteiger partial charge >= 0.3 is 0 Å². The van der Waals surface area contributed by atoms with Crippen molar-refractivity contribution in [1.29, 1.82) is 0 Å². The molecule has 1 heterocycles. The number of rotatable bonds is 2. The molecular formula is C9H11ClN4. The fraction of sp³-hybridized carbons (Fsp3) is 0.333. The maximum absolute atomic E-state index is 5.88. The summed E-state index contributed by atoms with van der Waals surface area (Å²) in [5, 5.41) is 3.27. The number of nitrogens with one attached hydrogen (secondary N) is 1. The van der Waals surface area contributed by atoms with Crippen molar-refractivity contribution in [2.75, 3.05) is 11.1 Å². The molecule has 14 heavy (non-hydrogen) atoms. The van der Waals surface area contributed by atoms with E-state index in [0.717, 1.165) is 0 Å². The standard InChI is InChI=1S/C9H11ClN4/c1-4-9(2,3)14-8-6(10)7(11)12-5-13-8/h1,5H,2-3H3,(H3,11,12,13,14). The first kappa shape index (κ1) is 10.6. The van der Waals surface area contributed by atoms with Gasteiger partial charge in [-0.05, 0) is 13.8 Å². The van der Waals surface area contributed by atoms with Gasteiger partial charge < -0.3 is 11.1 Å². The second-order valence-corrected chi connectivity index (χ2v) is 3.69. The van der Waals surface area contributed by atoms with Gasteiger partial charge in [-0.25, -0.2) is 9.97 Å². The summed E-state index contributed by atoms with van der Waals surface area (Å²) < 4.78 is 0. The Morgan fingerprint density at radius 2 is 2.21 bits per heavy atom. The Labute approximate surface area is 87.9 Å². The van der Waals surface area contributed by atoms with Crippen LogP contribution in [-0.2, 0) is 0 Å². The van der Waals surface area contributed by atoms with Gasteiger partial charge in [0.05, 0.1) is 5.54 Å². The predicted molar refractivity (Wildman–Crippen MR) is 58.0 cm³/mol. The summed E-state index contributed by atoms with van der Waals surface area (Å²) in [5.41, 5.74) is 4.98. The average molecular weight is 211 g/mol. The molecule has 0 aliphatic carbocycles. The first-order valence-corrected chi connectivity index (χ1v) is 4.36. The molecule has 0 bridgehead atoms. The number of hydrogen-bond acceptors (Lipinski definition) is 4. The molecule has 0 saturated carbocycles. The zero-order valence-electron chi connectivity index (χ0n) is 8.00. The van der Waals surface area contributed by atoms with Crippen LogP contribution in [0.2, 0.25) is 5.02 Å². The summed E-state index contributed by atoms with van der Waals surface area (Å²) in [6.45, 7) is 3.67. The lowest BCUT2D eigenvalue weighted by atomic mass is 10.1. The molecule has 0 saturated heterocycles. The molecular weight excluding hydrogens is 200 g/mol. The number of halogens is 1. The number of anilines is 2. The smallest absolute Gasteiger partial charge is 0.151 e. The third-order valence-electron chi connectivity index (χ3n) is 1.61. The minimum atomic E-state index is -0.523. The minimum absolute atomic E-state index is 0.233. The van der Waals surface area contributed by atoms with Crippen LogP contribution in [0, 0.1) is 12.3 Å². The van der Waals surface area contributed by atoms with Gasteiger partial charge in [0.2, 0.25) is 0 Å². The molecule has 4 nitrogen and oxygen atoms in total. The monoisotopic (exact) mass is 210 g/mol. The first-order chi connectivity index (χ1) is 6.46. The molecule has 0 aliphatic rings. The highest BCUT2D eigenvalue weighted by Crippen LogP contribution is 2.25. The van der Waals surface area contributed by atoms with Gasteiger partial charge in [0.1, 0.15) is 17.2 Å². The minimum Gasteiger partial charge on any atom is -0.382 e. The van der Waals surface area contributed by atoms with E-state index in [1.807, 2.05) is 13.8 Å². The van der Waals surface area contributed by atoms with Gasteiger partial charge in [-0.2, -0.15) is 0 Å². The summed E-state index contributed by atoms with van der Waals surface area (Å²) >= 11 is 5.88. The Morgan fingerprint density at radius 1 is 1.57 bits per heavy atom. The fourth-order valence-corrected chi connectivity index (χ4v) is 0.948. The Kier molecular flexibility index (Phi) is 2.82. The first-order valence-electron chi connectivity index (χ1n) is 3.98. The van der Waals surface area contributed by atoms with Gasteiger partial charge in [-0.15, -0.1) is 6.42 Å². The molecule has 0 radical (unpaired) electrons. The van der Waals surface area contributed by atoms with Crippen molar-refractivity contribution >= 4 is 23.2 Å². The van der Waals surface area contributed by atoms with E-state index in [1.54, 1.807) is 0 Å². The average Bonchev–Trinajstić information content (AvgIpc) is 2.13. The van der Waals surface area contributed by atoms with Crippen molar-refractivity contribution < 1.29 is 0 Å². The van der Waals surface area contributed by atoms with Crippen molar-refractivity contribution in [3.05, 3.63) is 11.3 Å². The summed E-state index contributed by atoms with van der Waals surface area (Å²) in [5.74, 6) is 3.25. The molecule has 1 aromatic heterocycles. The topological polar surface area (TPSA) is 63.8 Å². The fourth-order valence-electron chi connectivity index (χ4n) is 0.803. The summed E-state index contributed by atoms with van der Waals surface area (Å²) in [6.07, 6.45) is 6.64. The van der Waals surface area contributed by atoms with E-state index >= 15 is 0 Å². The lowest BCUT2D eigenvalue weighted by molar-refractivity contribution is 0.735. The van der Waals surface area contributed by atoms with Crippen LogP contribution in [0.15, 0.2) is 6.33 Å². The van der Waals surface area contributed by atoms with Gasteiger partial charge in [0.15, 0.2) is 5.82 Å². The van der Waals surface area contributed by atoms with E-state index in [4.69, 9.17) is 23.8 Å². The number of nitrogens with zero attached hydrogens (tertiary/aromatic N) is 2. The predicted octanol–water partition coefficient (Wildman–Crippen LogP) is 1.54. The van der Waals surface area contributed by atoms with Crippen LogP contribution < -0.4 is 11.1 Å². The Morgan fingerprint density at radius 3 is 2.79 bits per heavy atom. The van der Waals surface area contributed by atoms with Crippen molar-refractivity contribution in [3.8, 4) is 12.3 Å². The SMILES string of the molecule is C#CC(C)(C)Nc1ncnc(N)c1Cl. The van der Waals surface area contributed by atoms with E-state index in [1.165, 1.54) is 6.33 Å². The van der Waals surface area contributed by atoms with E-state index in [-0.39, 0.29) is 10.8 Å². The van der Waals surface area contributed by atoms with Gasteiger partial charge in [0.25, 0.3) is 0 Å². The number of terminal acetylenes is 1. The largest absolute Gasteiger partial charge is 0.382 e. The van der Waals surface area contributed by atoms with Crippen LogP contribution in [-0.4, -0.2) is 15.5 Å². The van der Waals surface area contributed by atoms with E-state index in [2.05, 4.69) is 21.2 Å². The molecule has 0 fully saturated rings. The normalized spacial score (nSPS) is 10.7. The highest BCUT2D eigenvalue weighted by atomic mass is 35.5. The zero-order valence-corrected chi connectivity index (χ0v) is 8.76. The molecule has 0 aromatic carbocycles. The maximum atomic E-state index is 5.88. The van der Waals surface area contributed by atoms with Gasteiger partial charge in [-0.3, -0.25) is 0 Å². The number of nitrogen functional groups attached to an aromatic ring is 1. The van der Waals surface area contributed by atoms with Crippen LogP contribution in [0.5, 0.6) is 0 Å². The third-order valence-corrected chi connectivity index (χ3v) is 1.98. The number of hydrogen-bond donors (Lipinski definition) is 2. The Hall–Kier alpha value is -1.47. The molecule has 5 heteroatoms. The summed E-state index contributed by atoms with van der Waals surface area (Å²) in [4.78, 5) is 7.68. The summed E-state index contributed by atoms with van der Waals surface area (Å²) in [6, 6.07) is 0. The molecule has 1 aromatic rings. The molecule has 0 unspecified atom stereocenters. The van der Waals surface area contributed by atoms with Crippen LogP contribution in [0.3, 0.4) is 0 Å². The van der Waals surface area contributed by atoms with E-state index < -0.39 is 5.54 Å². The van der Waals surface area contributed by atoms with Crippen LogP contribution in [0.25, 0.3) is 0 Å². The molecule has 0 spiro atoms. The van der Waals surface area contributed by atoms with Crippen molar-refractivity contribution in [2.24, 2.45) is 0 Å². The van der Waals surface area contributed by atoms with E-state index in [0.29, 0.717) is 5.82 Å². The number of aromatic nitrogens is 2. The number of nitrogens with two attached hydrogens (primary N) is 1. The molecule has 0 amide bonds. The molecule has 0 atom stereocenters. The second-order valence-electron chi connectivity index (χ2n) is 3.32. The quantitative estimate of drug-likeness (QED) is 0.727. The van der Waals surface area contributed by atoms with Crippen LogP contribution in [0.1, 0.15) is 13.8 Å². The Balaban J connectivity index is 3.00. The van der Waals surface area contributed by atoms with Gasteiger partial charge in [0, 0.05) is 0 Å². The van der Waals surface area contributed by atoms with Crippen molar-refractivity contribution in [2.45, 2.75) is 19.4 Å². The lowest BCUT2D eigenvalue weighted by Crippen LogP contribution is -2.29. The maximum Gasteiger partial charge on any atom is 0.151 e. The third kappa shape index (κ3) is 2.27. The van der Waals surface area contributed by atoms with Crippen LogP contribution >= 0.6 is 11.6 Å². The van der Waals surface area contributed by atoms with Crippen molar-refractivity contribution in [1.82, 2.24) is 9.97 Å². The Bertz CT molecular complexity index is 381. The van der Waals surface area contributed by atoms with E-state index in [9.17, 15) is 0 Å². The molecule has 3 N–H and O–H groups in total. The van der Waals surface area contributed by atoms with Gasteiger partial charge in [-0.1, -0.05) is 17.5 Å². The highest BCUT2D eigenvalue weighted by Gasteiger charge is 2.16. The lowest BCUT2D eigenvalue weighted by Gasteiger charge is -2.20. The molecule has 0 aliphatic heterocycles. The molecule has 1 rings (SSSR count). The molecule has 74 valence electrons. The van der Waals surface area contributed by atoms with Crippen molar-refractivity contribution in [3.63, 3.8) is 0 Å². The van der Waals surface area contributed by atoms with Crippen LogP contribution in [0.4, 0.5) is 11.6 Å². The zero-order chi connectivity index (χ0) is 10.8. The summed E-state index contributed by atoms with van der Waals surface area (Å²) in [7, 11) is 0.